The maximum absolute atomic E-state index is 11.8. The Morgan fingerprint density at radius 2 is 2.47 bits per heavy atom. The number of nitrogens with zero attached hydrogens (tertiary/aromatic N) is 1. The fourth-order valence-corrected chi connectivity index (χ4v) is 1.91. The Labute approximate surface area is 89.9 Å². The van der Waals surface area contributed by atoms with Crippen LogP contribution in [-0.4, -0.2) is 23.4 Å². The summed E-state index contributed by atoms with van der Waals surface area (Å²) in [6, 6.07) is 4.12. The molecule has 80 valence electrons. The Balaban J connectivity index is 1.98. The summed E-state index contributed by atoms with van der Waals surface area (Å²) in [6.45, 7) is 2.97. The molecule has 1 N–H and O–H groups in total. The molecule has 15 heavy (non-hydrogen) atoms. The molecule has 1 saturated heterocycles. The van der Waals surface area contributed by atoms with E-state index in [9.17, 15) is 4.79 Å². The van der Waals surface area contributed by atoms with Crippen LogP contribution in [0.15, 0.2) is 18.3 Å². The Kier molecular flexibility index (Phi) is 3.11. The molecular weight excluding hydrogens is 188 g/mol. The van der Waals surface area contributed by atoms with Crippen LogP contribution in [0, 0.1) is 6.92 Å². The van der Waals surface area contributed by atoms with Crippen molar-refractivity contribution in [1.82, 2.24) is 10.3 Å². The smallest absolute Gasteiger partial charge is 0.165 e. The highest BCUT2D eigenvalue weighted by molar-refractivity contribution is 5.96. The number of aryl methyl sites for hydroxylation is 1. The van der Waals surface area contributed by atoms with Crippen molar-refractivity contribution in [2.45, 2.75) is 32.2 Å². The highest BCUT2D eigenvalue weighted by atomic mass is 16.1. The number of ketones is 1. The number of hydrogen-bond donors (Lipinski definition) is 1. The molecule has 1 unspecified atom stereocenters. The summed E-state index contributed by atoms with van der Waals surface area (Å²) < 4.78 is 0. The van der Waals surface area contributed by atoms with Gasteiger partial charge in [0.2, 0.25) is 0 Å². The lowest BCUT2D eigenvalue weighted by Gasteiger charge is -2.08. The van der Waals surface area contributed by atoms with Crippen LogP contribution in [0.2, 0.25) is 0 Å². The van der Waals surface area contributed by atoms with Gasteiger partial charge in [-0.3, -0.25) is 9.78 Å². The summed E-state index contributed by atoms with van der Waals surface area (Å²) in [5, 5.41) is 3.33. The average Bonchev–Trinajstić information content (AvgIpc) is 2.71. The van der Waals surface area contributed by atoms with Gasteiger partial charge in [0.25, 0.3) is 0 Å². The first-order chi connectivity index (χ1) is 7.25. The lowest BCUT2D eigenvalue weighted by Crippen LogP contribution is -2.24. The van der Waals surface area contributed by atoms with E-state index >= 15 is 0 Å². The van der Waals surface area contributed by atoms with Gasteiger partial charge in [0.15, 0.2) is 5.78 Å². The lowest BCUT2D eigenvalue weighted by atomic mass is 10.0. The zero-order valence-electron chi connectivity index (χ0n) is 8.99. The SMILES string of the molecule is Cc1ccc(C(=O)CC2CCCN2)cn1. The van der Waals surface area contributed by atoms with Crippen molar-refractivity contribution in [3.63, 3.8) is 0 Å². The molecule has 3 nitrogen and oxygen atoms in total. The number of Topliss-reactive ketones (excluding diaryl/α,β-unsaturated/α-hetero) is 1. The van der Waals surface area contributed by atoms with Crippen LogP contribution in [0.4, 0.5) is 0 Å². The third kappa shape index (κ3) is 2.63. The van der Waals surface area contributed by atoms with Gasteiger partial charge in [-0.2, -0.15) is 0 Å². The van der Waals surface area contributed by atoms with Crippen molar-refractivity contribution in [2.24, 2.45) is 0 Å². The van der Waals surface area contributed by atoms with Crippen molar-refractivity contribution in [2.75, 3.05) is 6.54 Å². The van der Waals surface area contributed by atoms with Gasteiger partial charge in [0.1, 0.15) is 0 Å². The Morgan fingerprint density at radius 1 is 1.60 bits per heavy atom. The zero-order valence-corrected chi connectivity index (χ0v) is 8.99. The number of nitrogens with one attached hydrogen (secondary N) is 1. The predicted octanol–water partition coefficient (Wildman–Crippen LogP) is 1.71. The number of aromatic nitrogens is 1. The van der Waals surface area contributed by atoms with Crippen LogP contribution >= 0.6 is 0 Å². The standard InChI is InChI=1S/C12H16N2O/c1-9-4-5-10(8-14-9)12(15)7-11-3-2-6-13-11/h4-5,8,11,13H,2-3,6-7H2,1H3. The quantitative estimate of drug-likeness (QED) is 0.762. The molecule has 0 bridgehead atoms. The minimum Gasteiger partial charge on any atom is -0.314 e. The van der Waals surface area contributed by atoms with E-state index in [0.29, 0.717) is 12.5 Å². The topological polar surface area (TPSA) is 42.0 Å². The molecule has 3 heteroatoms. The van der Waals surface area contributed by atoms with E-state index in [4.69, 9.17) is 0 Å². The highest BCUT2D eigenvalue weighted by Crippen LogP contribution is 2.12. The third-order valence-corrected chi connectivity index (χ3v) is 2.83. The van der Waals surface area contributed by atoms with E-state index in [-0.39, 0.29) is 5.78 Å². The lowest BCUT2D eigenvalue weighted by molar-refractivity contribution is 0.0971. The molecule has 0 amide bonds. The van der Waals surface area contributed by atoms with Crippen molar-refractivity contribution in [3.8, 4) is 0 Å². The molecule has 0 saturated carbocycles. The average molecular weight is 204 g/mol. The van der Waals surface area contributed by atoms with E-state index in [1.165, 1.54) is 6.42 Å². The first-order valence-electron chi connectivity index (χ1n) is 5.45. The molecule has 1 aliphatic heterocycles. The van der Waals surface area contributed by atoms with Gasteiger partial charge in [0, 0.05) is 29.9 Å². The van der Waals surface area contributed by atoms with Crippen molar-refractivity contribution < 1.29 is 4.79 Å². The van der Waals surface area contributed by atoms with Crippen LogP contribution < -0.4 is 5.32 Å². The van der Waals surface area contributed by atoms with E-state index in [2.05, 4.69) is 10.3 Å². The van der Waals surface area contributed by atoms with Crippen LogP contribution in [0.1, 0.15) is 35.3 Å². The highest BCUT2D eigenvalue weighted by Gasteiger charge is 2.18. The third-order valence-electron chi connectivity index (χ3n) is 2.83. The number of carbonyl (C=O) groups is 1. The molecule has 1 aliphatic rings. The second kappa shape index (κ2) is 4.53. The summed E-state index contributed by atoms with van der Waals surface area (Å²) in [5.74, 6) is 0.196. The van der Waals surface area contributed by atoms with Crippen LogP contribution in [0.25, 0.3) is 0 Å². The van der Waals surface area contributed by atoms with Gasteiger partial charge >= 0.3 is 0 Å². The molecule has 1 fully saturated rings. The molecule has 1 aromatic heterocycles. The van der Waals surface area contributed by atoms with Crippen LogP contribution in [0.5, 0.6) is 0 Å². The Hall–Kier alpha value is -1.22. The first-order valence-corrected chi connectivity index (χ1v) is 5.45. The maximum Gasteiger partial charge on any atom is 0.165 e. The Bertz CT molecular complexity index is 339. The molecule has 0 aromatic carbocycles. The molecule has 2 rings (SSSR count). The molecule has 2 heterocycles. The molecule has 1 atom stereocenters. The van der Waals surface area contributed by atoms with Gasteiger partial charge in [-0.1, -0.05) is 0 Å². The van der Waals surface area contributed by atoms with Crippen molar-refractivity contribution >= 4 is 5.78 Å². The largest absolute Gasteiger partial charge is 0.314 e. The predicted molar refractivity (Wildman–Crippen MR) is 58.9 cm³/mol. The monoisotopic (exact) mass is 204 g/mol. The van der Waals surface area contributed by atoms with Crippen LogP contribution in [0.3, 0.4) is 0 Å². The van der Waals surface area contributed by atoms with Gasteiger partial charge in [-0.15, -0.1) is 0 Å². The first kappa shape index (κ1) is 10.3. The molecule has 0 aliphatic carbocycles. The molecular formula is C12H16N2O. The minimum atomic E-state index is 0.196. The normalized spacial score (nSPS) is 20.5. The number of carbonyl (C=O) groups excluding carboxylic acids is 1. The summed E-state index contributed by atoms with van der Waals surface area (Å²) in [5.41, 5.74) is 1.68. The van der Waals surface area contributed by atoms with E-state index in [0.717, 1.165) is 24.2 Å². The van der Waals surface area contributed by atoms with Gasteiger partial charge in [-0.25, -0.2) is 0 Å². The minimum absolute atomic E-state index is 0.196. The summed E-state index contributed by atoms with van der Waals surface area (Å²) in [6.07, 6.45) is 4.58. The number of hydrogen-bond acceptors (Lipinski definition) is 3. The number of rotatable bonds is 3. The van der Waals surface area contributed by atoms with Gasteiger partial charge in [-0.05, 0) is 38.4 Å². The zero-order chi connectivity index (χ0) is 10.7. The molecule has 0 radical (unpaired) electrons. The molecule has 0 spiro atoms. The van der Waals surface area contributed by atoms with Crippen molar-refractivity contribution in [1.29, 1.82) is 0 Å². The second-order valence-electron chi connectivity index (χ2n) is 4.11. The van der Waals surface area contributed by atoms with E-state index in [1.54, 1.807) is 6.20 Å². The summed E-state index contributed by atoms with van der Waals surface area (Å²) in [7, 11) is 0. The molecule has 1 aromatic rings. The maximum atomic E-state index is 11.8. The fourth-order valence-electron chi connectivity index (χ4n) is 1.91. The van der Waals surface area contributed by atoms with E-state index in [1.807, 2.05) is 19.1 Å². The van der Waals surface area contributed by atoms with Gasteiger partial charge in [0.05, 0.1) is 0 Å². The van der Waals surface area contributed by atoms with Gasteiger partial charge < -0.3 is 5.32 Å². The number of pyridine rings is 1. The van der Waals surface area contributed by atoms with Crippen molar-refractivity contribution in [3.05, 3.63) is 29.6 Å². The fraction of sp³-hybridized carbons (Fsp3) is 0.500. The Morgan fingerprint density at radius 3 is 3.07 bits per heavy atom. The van der Waals surface area contributed by atoms with Crippen LogP contribution in [-0.2, 0) is 0 Å². The summed E-state index contributed by atoms with van der Waals surface area (Å²) >= 11 is 0. The second-order valence-corrected chi connectivity index (χ2v) is 4.11. The summed E-state index contributed by atoms with van der Waals surface area (Å²) in [4.78, 5) is 16.0. The van der Waals surface area contributed by atoms with E-state index < -0.39 is 0 Å².